The zero-order valence-electron chi connectivity index (χ0n) is 26.0. The number of nitrogens with one attached hydrogen (secondary N) is 1. The van der Waals surface area contributed by atoms with Gasteiger partial charge in [-0.1, -0.05) is 110 Å². The molecule has 11 nitrogen and oxygen atoms in total. The Labute approximate surface area is 252 Å². The second-order valence-electron chi connectivity index (χ2n) is 11.9. The molecule has 1 saturated heterocycles. The van der Waals surface area contributed by atoms with Crippen molar-refractivity contribution >= 4 is 5.91 Å². The van der Waals surface area contributed by atoms with Crippen molar-refractivity contribution in [2.24, 2.45) is 0 Å². The summed E-state index contributed by atoms with van der Waals surface area (Å²) in [5, 5.41) is 74.4. The maximum Gasteiger partial charge on any atom is 0.249 e. The predicted octanol–water partition coefficient (Wildman–Crippen LogP) is 2.04. The Morgan fingerprint density at radius 2 is 1.24 bits per heavy atom. The minimum Gasteiger partial charge on any atom is -0.394 e. The molecular weight excluding hydrogens is 546 g/mol. The molecule has 1 fully saturated rings. The van der Waals surface area contributed by atoms with Crippen molar-refractivity contribution in [1.82, 2.24) is 5.32 Å². The number of unbranched alkanes of at least 4 members (excludes halogenated alkanes) is 13. The standard InChI is InChI=1S/C31H61NO10/c1-3-5-7-9-11-13-15-17-19-24(35)30(40)32-22(26(36)23(34)18-16-14-12-10-8-6-4-2)21-41-31-29(39)28(38)27(37)25(20-33)42-31/h22-29,31,33-39H,3-21H2,1-2H3,(H,32,40). The summed E-state index contributed by atoms with van der Waals surface area (Å²) in [4.78, 5) is 12.8. The number of ether oxygens (including phenoxy) is 2. The third-order valence-electron chi connectivity index (χ3n) is 8.16. The summed E-state index contributed by atoms with van der Waals surface area (Å²) >= 11 is 0. The molecule has 0 aromatic carbocycles. The van der Waals surface area contributed by atoms with Gasteiger partial charge in [0, 0.05) is 0 Å². The molecule has 0 radical (unpaired) electrons. The number of carbonyl (C=O) groups excluding carboxylic acids is 1. The van der Waals surface area contributed by atoms with E-state index in [0.717, 1.165) is 44.9 Å². The van der Waals surface area contributed by atoms with Gasteiger partial charge in [0.1, 0.15) is 36.6 Å². The van der Waals surface area contributed by atoms with E-state index in [4.69, 9.17) is 9.47 Å². The van der Waals surface area contributed by atoms with Gasteiger partial charge in [-0.05, 0) is 12.8 Å². The fraction of sp³-hybridized carbons (Fsp3) is 0.968. The van der Waals surface area contributed by atoms with Gasteiger partial charge in [-0.2, -0.15) is 0 Å². The number of aliphatic hydroxyl groups excluding tert-OH is 7. The second-order valence-corrected chi connectivity index (χ2v) is 11.9. The lowest BCUT2D eigenvalue weighted by Gasteiger charge is -2.40. The molecule has 11 heteroatoms. The van der Waals surface area contributed by atoms with Crippen LogP contribution in [-0.2, 0) is 14.3 Å². The number of amides is 1. The van der Waals surface area contributed by atoms with Crippen molar-refractivity contribution in [2.45, 2.75) is 178 Å². The highest BCUT2D eigenvalue weighted by atomic mass is 16.7. The molecule has 250 valence electrons. The van der Waals surface area contributed by atoms with Crippen LogP contribution >= 0.6 is 0 Å². The summed E-state index contributed by atoms with van der Waals surface area (Å²) in [5.74, 6) is -0.706. The van der Waals surface area contributed by atoms with Crippen LogP contribution in [0.15, 0.2) is 0 Å². The molecule has 1 heterocycles. The third kappa shape index (κ3) is 15.2. The van der Waals surface area contributed by atoms with Crippen LogP contribution in [0, 0.1) is 0 Å². The van der Waals surface area contributed by atoms with Crippen molar-refractivity contribution in [3.05, 3.63) is 0 Å². The fourth-order valence-electron chi connectivity index (χ4n) is 5.26. The molecule has 8 N–H and O–H groups in total. The number of hydrogen-bond donors (Lipinski definition) is 8. The molecule has 1 aliphatic rings. The Balaban J connectivity index is 2.68. The number of rotatable bonds is 25. The largest absolute Gasteiger partial charge is 0.394 e. The normalized spacial score (nSPS) is 25.6. The van der Waals surface area contributed by atoms with Gasteiger partial charge in [0.25, 0.3) is 0 Å². The maximum atomic E-state index is 12.8. The molecule has 9 atom stereocenters. The lowest BCUT2D eigenvalue weighted by atomic mass is 9.98. The van der Waals surface area contributed by atoms with Crippen LogP contribution in [0.3, 0.4) is 0 Å². The van der Waals surface area contributed by atoms with Crippen molar-refractivity contribution in [3.63, 3.8) is 0 Å². The van der Waals surface area contributed by atoms with Gasteiger partial charge in [0.15, 0.2) is 6.29 Å². The van der Waals surface area contributed by atoms with Crippen LogP contribution in [0.5, 0.6) is 0 Å². The van der Waals surface area contributed by atoms with E-state index in [1.165, 1.54) is 38.5 Å². The van der Waals surface area contributed by atoms with Gasteiger partial charge in [0.2, 0.25) is 5.91 Å². The van der Waals surface area contributed by atoms with Crippen LogP contribution in [0.4, 0.5) is 0 Å². The molecular formula is C31H61NO10. The quantitative estimate of drug-likeness (QED) is 0.0713. The summed E-state index contributed by atoms with van der Waals surface area (Å²) < 4.78 is 10.9. The highest BCUT2D eigenvalue weighted by Crippen LogP contribution is 2.23. The Kier molecular flexibility index (Phi) is 21.9. The molecule has 1 rings (SSSR count). The first-order valence-electron chi connectivity index (χ1n) is 16.4. The van der Waals surface area contributed by atoms with E-state index < -0.39 is 74.2 Å². The van der Waals surface area contributed by atoms with Crippen LogP contribution in [-0.4, -0.2) is 110 Å². The van der Waals surface area contributed by atoms with E-state index in [2.05, 4.69) is 19.2 Å². The minimum absolute atomic E-state index is 0.262. The Hall–Kier alpha value is -0.890. The van der Waals surface area contributed by atoms with E-state index in [1.54, 1.807) is 0 Å². The molecule has 0 spiro atoms. The number of carbonyl (C=O) groups is 1. The van der Waals surface area contributed by atoms with Gasteiger partial charge in [-0.15, -0.1) is 0 Å². The van der Waals surface area contributed by atoms with E-state index in [-0.39, 0.29) is 6.42 Å². The maximum absolute atomic E-state index is 12.8. The molecule has 0 saturated carbocycles. The third-order valence-corrected chi connectivity index (χ3v) is 8.16. The van der Waals surface area contributed by atoms with Gasteiger partial charge in [-0.3, -0.25) is 4.79 Å². The van der Waals surface area contributed by atoms with Crippen molar-refractivity contribution < 1.29 is 50.0 Å². The van der Waals surface area contributed by atoms with Crippen molar-refractivity contribution in [3.8, 4) is 0 Å². The Morgan fingerprint density at radius 1 is 0.738 bits per heavy atom. The van der Waals surface area contributed by atoms with Crippen LogP contribution < -0.4 is 5.32 Å². The predicted molar refractivity (Wildman–Crippen MR) is 160 cm³/mol. The highest BCUT2D eigenvalue weighted by Gasteiger charge is 2.44. The molecule has 0 aromatic heterocycles. The summed E-state index contributed by atoms with van der Waals surface area (Å²) in [5.41, 5.74) is 0. The Bertz CT molecular complexity index is 670. The van der Waals surface area contributed by atoms with Gasteiger partial charge in [-0.25, -0.2) is 0 Å². The van der Waals surface area contributed by atoms with Gasteiger partial charge >= 0.3 is 0 Å². The topological polar surface area (TPSA) is 189 Å². The van der Waals surface area contributed by atoms with Gasteiger partial charge < -0.3 is 50.5 Å². The highest BCUT2D eigenvalue weighted by molar-refractivity contribution is 5.80. The summed E-state index contributed by atoms with van der Waals surface area (Å²) in [6.45, 7) is 3.28. The van der Waals surface area contributed by atoms with E-state index in [9.17, 15) is 40.5 Å². The SMILES string of the molecule is CCCCCCCCCCC(O)C(=O)NC(COC1OC(CO)C(O)C(O)C1O)C(O)C(O)CCCCCCCCC. The molecule has 0 aromatic rings. The average Bonchev–Trinajstić information content (AvgIpc) is 2.98. The molecule has 9 unspecified atom stereocenters. The van der Waals surface area contributed by atoms with E-state index >= 15 is 0 Å². The molecule has 0 bridgehead atoms. The van der Waals surface area contributed by atoms with Crippen LogP contribution in [0.25, 0.3) is 0 Å². The van der Waals surface area contributed by atoms with Crippen molar-refractivity contribution in [2.75, 3.05) is 13.2 Å². The zero-order chi connectivity index (χ0) is 31.3. The van der Waals surface area contributed by atoms with Gasteiger partial charge in [0.05, 0.1) is 25.4 Å². The lowest BCUT2D eigenvalue weighted by Crippen LogP contribution is -2.60. The molecule has 0 aliphatic carbocycles. The minimum atomic E-state index is -1.65. The second kappa shape index (κ2) is 23.5. The van der Waals surface area contributed by atoms with E-state index in [1.807, 2.05) is 0 Å². The monoisotopic (exact) mass is 607 g/mol. The summed E-state index contributed by atoms with van der Waals surface area (Å²) in [7, 11) is 0. The number of aliphatic hydroxyl groups is 7. The summed E-state index contributed by atoms with van der Waals surface area (Å²) in [6, 6.07) is -1.15. The molecule has 1 amide bonds. The molecule has 42 heavy (non-hydrogen) atoms. The Morgan fingerprint density at radius 3 is 1.76 bits per heavy atom. The first-order valence-corrected chi connectivity index (χ1v) is 16.4. The van der Waals surface area contributed by atoms with Crippen molar-refractivity contribution in [1.29, 1.82) is 0 Å². The lowest BCUT2D eigenvalue weighted by molar-refractivity contribution is -0.303. The zero-order valence-corrected chi connectivity index (χ0v) is 26.0. The first kappa shape index (κ1) is 39.1. The average molecular weight is 608 g/mol. The number of hydrogen-bond acceptors (Lipinski definition) is 10. The fourth-order valence-corrected chi connectivity index (χ4v) is 5.26. The summed E-state index contributed by atoms with van der Waals surface area (Å²) in [6.07, 6.45) is 5.05. The smallest absolute Gasteiger partial charge is 0.249 e. The van der Waals surface area contributed by atoms with Crippen LogP contribution in [0.2, 0.25) is 0 Å². The van der Waals surface area contributed by atoms with Crippen LogP contribution in [0.1, 0.15) is 123 Å². The first-order chi connectivity index (χ1) is 20.2. The van der Waals surface area contributed by atoms with E-state index in [0.29, 0.717) is 19.3 Å². The molecule has 1 aliphatic heterocycles.